The van der Waals surface area contributed by atoms with E-state index in [9.17, 15) is 0 Å². The molecule has 0 fully saturated rings. The molecule has 0 aromatic rings. The molecule has 0 aliphatic carbocycles. The van der Waals surface area contributed by atoms with Crippen LogP contribution in [0.25, 0.3) is 0 Å². The number of nitrogens with one attached hydrogen (secondary N) is 1. The van der Waals surface area contributed by atoms with E-state index in [-0.39, 0.29) is 11.4 Å². The van der Waals surface area contributed by atoms with Crippen LogP contribution in [0.1, 0.15) is 13.8 Å². The average Bonchev–Trinajstić information content (AvgIpc) is 2.04. The van der Waals surface area contributed by atoms with E-state index in [1.165, 1.54) is 0 Å². The van der Waals surface area contributed by atoms with Crippen LogP contribution < -0.4 is 5.32 Å². The second-order valence-corrected chi connectivity index (χ2v) is 4.94. The first-order valence-electron chi connectivity index (χ1n) is 4.06. The summed E-state index contributed by atoms with van der Waals surface area (Å²) in [6, 6.07) is 0. The van der Waals surface area contributed by atoms with Crippen LogP contribution in [0.5, 0.6) is 0 Å². The minimum absolute atomic E-state index is 0.174. The molecule has 0 heterocycles. The first kappa shape index (κ1) is 12.2. The van der Waals surface area contributed by atoms with Crippen LogP contribution >= 0.6 is 11.8 Å². The summed E-state index contributed by atoms with van der Waals surface area (Å²) in [4.78, 5) is 0. The molecule has 0 spiro atoms. The van der Waals surface area contributed by atoms with Crippen molar-refractivity contribution in [2.75, 3.05) is 26.0 Å². The van der Waals surface area contributed by atoms with Gasteiger partial charge in [-0.3, -0.25) is 0 Å². The van der Waals surface area contributed by atoms with Crippen molar-refractivity contribution in [2.24, 2.45) is 0 Å². The molecule has 0 aliphatic heterocycles. The van der Waals surface area contributed by atoms with Crippen LogP contribution in [0.4, 0.5) is 0 Å². The summed E-state index contributed by atoms with van der Waals surface area (Å²) in [5, 5.41) is 20.6. The highest BCUT2D eigenvalue weighted by molar-refractivity contribution is 7.99. The molecule has 0 radical (unpaired) electrons. The van der Waals surface area contributed by atoms with Gasteiger partial charge in [-0.2, -0.15) is 11.8 Å². The molecule has 74 valence electrons. The van der Waals surface area contributed by atoms with Crippen molar-refractivity contribution >= 4 is 11.8 Å². The predicted molar refractivity (Wildman–Crippen MR) is 53.6 cm³/mol. The fraction of sp³-hybridized carbons (Fsp3) is 1.00. The minimum atomic E-state index is -0.636. The first-order valence-corrected chi connectivity index (χ1v) is 5.29. The molecular weight excluding hydrogens is 174 g/mol. The Balaban J connectivity index is 3.42. The van der Waals surface area contributed by atoms with Gasteiger partial charge in [0.1, 0.15) is 0 Å². The smallest absolute Gasteiger partial charge is 0.0894 e. The molecule has 1 atom stereocenters. The van der Waals surface area contributed by atoms with E-state index in [0.29, 0.717) is 6.54 Å². The summed E-state index contributed by atoms with van der Waals surface area (Å²) in [6.07, 6.45) is 1.42. The van der Waals surface area contributed by atoms with Gasteiger partial charge in [0.25, 0.3) is 0 Å². The number of rotatable bonds is 6. The maximum absolute atomic E-state index is 9.01. The van der Waals surface area contributed by atoms with Crippen LogP contribution in [0, 0.1) is 0 Å². The van der Waals surface area contributed by atoms with Crippen molar-refractivity contribution in [3.05, 3.63) is 0 Å². The minimum Gasteiger partial charge on any atom is -0.394 e. The second kappa shape index (κ2) is 5.80. The third kappa shape index (κ3) is 5.83. The molecule has 0 saturated heterocycles. The lowest BCUT2D eigenvalue weighted by Gasteiger charge is -2.22. The van der Waals surface area contributed by atoms with E-state index in [1.807, 2.05) is 0 Å². The summed E-state index contributed by atoms with van der Waals surface area (Å²) in [5.41, 5.74) is 0. The third-order valence-electron chi connectivity index (χ3n) is 1.69. The molecule has 0 amide bonds. The van der Waals surface area contributed by atoms with Crippen molar-refractivity contribution in [1.29, 1.82) is 0 Å². The first-order chi connectivity index (χ1) is 5.52. The van der Waals surface area contributed by atoms with E-state index in [4.69, 9.17) is 10.2 Å². The van der Waals surface area contributed by atoms with Crippen LogP contribution in [-0.2, 0) is 0 Å². The molecule has 12 heavy (non-hydrogen) atoms. The van der Waals surface area contributed by atoms with Crippen LogP contribution in [0.15, 0.2) is 0 Å². The van der Waals surface area contributed by atoms with Crippen molar-refractivity contribution < 1.29 is 10.2 Å². The van der Waals surface area contributed by atoms with Gasteiger partial charge in [0.15, 0.2) is 0 Å². The predicted octanol–water partition coefficient (Wildman–Crippen LogP) is 0.0708. The number of hydrogen-bond acceptors (Lipinski definition) is 4. The van der Waals surface area contributed by atoms with Gasteiger partial charge in [-0.05, 0) is 20.1 Å². The Kier molecular flexibility index (Phi) is 5.92. The van der Waals surface area contributed by atoms with Gasteiger partial charge in [0.05, 0.1) is 12.7 Å². The monoisotopic (exact) mass is 193 g/mol. The van der Waals surface area contributed by atoms with E-state index in [0.717, 1.165) is 6.54 Å². The normalized spacial score (nSPS) is 14.8. The maximum Gasteiger partial charge on any atom is 0.0894 e. The average molecular weight is 193 g/mol. The highest BCUT2D eigenvalue weighted by Gasteiger charge is 2.15. The van der Waals surface area contributed by atoms with Gasteiger partial charge >= 0.3 is 0 Å². The topological polar surface area (TPSA) is 52.5 Å². The van der Waals surface area contributed by atoms with E-state index < -0.39 is 6.10 Å². The van der Waals surface area contributed by atoms with Crippen molar-refractivity contribution in [3.8, 4) is 0 Å². The van der Waals surface area contributed by atoms with Crippen LogP contribution in [-0.4, -0.2) is 47.0 Å². The van der Waals surface area contributed by atoms with Gasteiger partial charge in [-0.25, -0.2) is 0 Å². The molecule has 0 saturated carbocycles. The highest BCUT2D eigenvalue weighted by atomic mass is 32.2. The fourth-order valence-electron chi connectivity index (χ4n) is 0.677. The van der Waals surface area contributed by atoms with Gasteiger partial charge in [0.2, 0.25) is 0 Å². The molecule has 0 unspecified atom stereocenters. The maximum atomic E-state index is 9.01. The summed E-state index contributed by atoms with van der Waals surface area (Å²) in [5.74, 6) is 0. The Morgan fingerprint density at radius 1 is 1.50 bits per heavy atom. The van der Waals surface area contributed by atoms with E-state index in [1.54, 1.807) is 11.8 Å². The molecular formula is C8H19NO2S. The van der Waals surface area contributed by atoms with E-state index >= 15 is 0 Å². The largest absolute Gasteiger partial charge is 0.394 e. The van der Waals surface area contributed by atoms with Crippen molar-refractivity contribution in [2.45, 2.75) is 24.7 Å². The molecule has 3 nitrogen and oxygen atoms in total. The number of aliphatic hydroxyl groups excluding tert-OH is 2. The quantitative estimate of drug-likeness (QED) is 0.559. The summed E-state index contributed by atoms with van der Waals surface area (Å²) in [6.45, 7) is 5.39. The fourth-order valence-corrected chi connectivity index (χ4v) is 0.923. The summed E-state index contributed by atoms with van der Waals surface area (Å²) >= 11 is 1.78. The van der Waals surface area contributed by atoms with Gasteiger partial charge < -0.3 is 15.5 Å². The van der Waals surface area contributed by atoms with Crippen LogP contribution in [0.2, 0.25) is 0 Å². The molecule has 3 N–H and O–H groups in total. The van der Waals surface area contributed by atoms with Crippen molar-refractivity contribution in [3.63, 3.8) is 0 Å². The standard InChI is InChI=1S/C8H19NO2S/c1-8(2,12-3)6-9-4-7(11)5-10/h7,9-11H,4-6H2,1-3H3/t7-/m0/s1. The lowest BCUT2D eigenvalue weighted by Crippen LogP contribution is -2.37. The van der Waals surface area contributed by atoms with Crippen molar-refractivity contribution in [1.82, 2.24) is 5.32 Å². The van der Waals surface area contributed by atoms with Gasteiger partial charge in [-0.15, -0.1) is 0 Å². The van der Waals surface area contributed by atoms with Gasteiger partial charge in [-0.1, -0.05) is 0 Å². The molecule has 4 heteroatoms. The van der Waals surface area contributed by atoms with Gasteiger partial charge in [0, 0.05) is 17.8 Å². The summed E-state index contributed by atoms with van der Waals surface area (Å²) < 4.78 is 0.190. The molecule has 0 aromatic carbocycles. The zero-order valence-corrected chi connectivity index (χ0v) is 8.82. The Labute approximate surface area is 78.6 Å². The number of thioether (sulfide) groups is 1. The number of hydrogen-bond donors (Lipinski definition) is 3. The third-order valence-corrected chi connectivity index (χ3v) is 2.94. The SMILES string of the molecule is CSC(C)(C)CNC[C@H](O)CO. The molecule has 0 bridgehead atoms. The Morgan fingerprint density at radius 2 is 2.08 bits per heavy atom. The molecule has 0 rings (SSSR count). The Hall–Kier alpha value is 0.230. The summed E-state index contributed by atoms with van der Waals surface area (Å²) in [7, 11) is 0. The Bertz CT molecular complexity index is 120. The van der Waals surface area contributed by atoms with E-state index in [2.05, 4.69) is 25.4 Å². The zero-order valence-electron chi connectivity index (χ0n) is 8.00. The Morgan fingerprint density at radius 3 is 2.50 bits per heavy atom. The lowest BCUT2D eigenvalue weighted by molar-refractivity contribution is 0.0942. The highest BCUT2D eigenvalue weighted by Crippen LogP contribution is 2.19. The second-order valence-electron chi connectivity index (χ2n) is 3.43. The molecule has 0 aromatic heterocycles. The number of aliphatic hydroxyl groups is 2. The lowest BCUT2D eigenvalue weighted by atomic mass is 10.2. The van der Waals surface area contributed by atoms with Crippen LogP contribution in [0.3, 0.4) is 0 Å². The zero-order chi connectivity index (χ0) is 9.61. The molecule has 0 aliphatic rings.